The van der Waals surface area contributed by atoms with Crippen molar-refractivity contribution in [3.63, 3.8) is 0 Å². The van der Waals surface area contributed by atoms with Crippen molar-refractivity contribution in [1.82, 2.24) is 20.1 Å². The Labute approximate surface area is 114 Å². The van der Waals surface area contributed by atoms with Gasteiger partial charge in [-0.2, -0.15) is 0 Å². The minimum atomic E-state index is 0. The van der Waals surface area contributed by atoms with E-state index in [0.717, 1.165) is 25.3 Å². The SMILES string of the molecule is COCCn1cnnc1C1CCCCN1.Cl.Cl. The highest BCUT2D eigenvalue weighted by Crippen LogP contribution is 2.20. The number of rotatable bonds is 4. The molecular weight excluding hydrogens is 263 g/mol. The maximum atomic E-state index is 5.06. The van der Waals surface area contributed by atoms with Crippen LogP contribution in [-0.2, 0) is 11.3 Å². The number of halogens is 2. The summed E-state index contributed by atoms with van der Waals surface area (Å²) in [6.07, 6.45) is 5.48. The first-order chi connectivity index (χ1) is 7.42. The van der Waals surface area contributed by atoms with Gasteiger partial charge >= 0.3 is 0 Å². The number of nitrogens with zero attached hydrogens (tertiary/aromatic N) is 3. The van der Waals surface area contributed by atoms with Crippen molar-refractivity contribution in [2.24, 2.45) is 0 Å². The summed E-state index contributed by atoms with van der Waals surface area (Å²) in [5.74, 6) is 1.05. The standard InChI is InChI=1S/C10H18N4O.2ClH/c1-15-7-6-14-8-12-13-10(14)9-4-2-3-5-11-9;;/h8-9,11H,2-7H2,1H3;2*1H. The van der Waals surface area contributed by atoms with E-state index in [0.29, 0.717) is 12.6 Å². The molecule has 1 unspecified atom stereocenters. The molecule has 2 rings (SSSR count). The molecule has 0 saturated carbocycles. The van der Waals surface area contributed by atoms with E-state index in [4.69, 9.17) is 4.74 Å². The summed E-state index contributed by atoms with van der Waals surface area (Å²) >= 11 is 0. The van der Waals surface area contributed by atoms with E-state index >= 15 is 0 Å². The molecule has 1 N–H and O–H groups in total. The third kappa shape index (κ3) is 4.43. The first kappa shape index (κ1) is 16.6. The summed E-state index contributed by atoms with van der Waals surface area (Å²) in [6.45, 7) is 2.62. The molecule has 2 heterocycles. The Bertz CT molecular complexity index is 302. The van der Waals surface area contributed by atoms with Crippen LogP contribution in [0.3, 0.4) is 0 Å². The van der Waals surface area contributed by atoms with Gasteiger partial charge in [0.1, 0.15) is 12.2 Å². The molecule has 1 atom stereocenters. The average Bonchev–Trinajstić information content (AvgIpc) is 2.75. The molecule has 1 aliphatic heterocycles. The van der Waals surface area contributed by atoms with E-state index in [2.05, 4.69) is 20.1 Å². The lowest BCUT2D eigenvalue weighted by atomic mass is 10.0. The summed E-state index contributed by atoms with van der Waals surface area (Å²) < 4.78 is 7.14. The number of piperidine rings is 1. The topological polar surface area (TPSA) is 52.0 Å². The summed E-state index contributed by atoms with van der Waals surface area (Å²) in [6, 6.07) is 0.373. The van der Waals surface area contributed by atoms with Crippen molar-refractivity contribution in [2.45, 2.75) is 31.8 Å². The molecule has 1 saturated heterocycles. The molecule has 7 heteroatoms. The summed E-state index contributed by atoms with van der Waals surface area (Å²) in [4.78, 5) is 0. The molecule has 0 bridgehead atoms. The number of nitrogens with one attached hydrogen (secondary N) is 1. The van der Waals surface area contributed by atoms with Crippen LogP contribution in [-0.4, -0.2) is 35.0 Å². The average molecular weight is 283 g/mol. The van der Waals surface area contributed by atoms with Crippen molar-refractivity contribution in [3.8, 4) is 0 Å². The smallest absolute Gasteiger partial charge is 0.150 e. The predicted molar refractivity (Wildman–Crippen MR) is 71.0 cm³/mol. The fourth-order valence-corrected chi connectivity index (χ4v) is 1.97. The number of ether oxygens (including phenoxy) is 1. The quantitative estimate of drug-likeness (QED) is 0.911. The Balaban J connectivity index is 0.00000128. The van der Waals surface area contributed by atoms with Gasteiger partial charge in [0, 0.05) is 13.7 Å². The molecule has 1 aromatic rings. The summed E-state index contributed by atoms with van der Waals surface area (Å²) in [5, 5.41) is 11.6. The predicted octanol–water partition coefficient (Wildman–Crippen LogP) is 1.58. The van der Waals surface area contributed by atoms with Gasteiger partial charge in [-0.25, -0.2) is 0 Å². The van der Waals surface area contributed by atoms with Crippen LogP contribution in [0.15, 0.2) is 6.33 Å². The zero-order valence-corrected chi connectivity index (χ0v) is 11.6. The maximum Gasteiger partial charge on any atom is 0.150 e. The lowest BCUT2D eigenvalue weighted by molar-refractivity contribution is 0.185. The van der Waals surface area contributed by atoms with Crippen molar-refractivity contribution < 1.29 is 4.74 Å². The van der Waals surface area contributed by atoms with E-state index in [1.54, 1.807) is 13.4 Å². The highest BCUT2D eigenvalue weighted by atomic mass is 35.5. The Morgan fingerprint density at radius 3 is 2.94 bits per heavy atom. The minimum absolute atomic E-state index is 0. The van der Waals surface area contributed by atoms with Gasteiger partial charge in [-0.15, -0.1) is 35.0 Å². The molecule has 0 aromatic carbocycles. The largest absolute Gasteiger partial charge is 0.383 e. The van der Waals surface area contributed by atoms with Crippen LogP contribution in [0.1, 0.15) is 31.1 Å². The second kappa shape index (κ2) is 8.69. The molecule has 0 aliphatic carbocycles. The minimum Gasteiger partial charge on any atom is -0.383 e. The van der Waals surface area contributed by atoms with Crippen LogP contribution >= 0.6 is 24.8 Å². The van der Waals surface area contributed by atoms with Gasteiger partial charge in [0.05, 0.1) is 12.6 Å². The Hall–Kier alpha value is -0.360. The number of aromatic nitrogens is 3. The molecule has 0 radical (unpaired) electrons. The molecule has 0 spiro atoms. The van der Waals surface area contributed by atoms with Gasteiger partial charge in [-0.05, 0) is 19.4 Å². The van der Waals surface area contributed by atoms with E-state index in [1.165, 1.54) is 12.8 Å². The fraction of sp³-hybridized carbons (Fsp3) is 0.800. The van der Waals surface area contributed by atoms with Crippen molar-refractivity contribution in [1.29, 1.82) is 0 Å². The van der Waals surface area contributed by atoms with Crippen LogP contribution in [0, 0.1) is 0 Å². The Kier molecular flexibility index (Phi) is 8.51. The zero-order valence-electron chi connectivity index (χ0n) is 9.96. The molecule has 100 valence electrons. The second-order valence-electron chi connectivity index (χ2n) is 3.88. The van der Waals surface area contributed by atoms with E-state index < -0.39 is 0 Å². The van der Waals surface area contributed by atoms with Crippen LogP contribution < -0.4 is 5.32 Å². The number of methoxy groups -OCH3 is 1. The van der Waals surface area contributed by atoms with Gasteiger partial charge < -0.3 is 14.6 Å². The van der Waals surface area contributed by atoms with Crippen molar-refractivity contribution in [3.05, 3.63) is 12.2 Å². The molecule has 0 amide bonds. The van der Waals surface area contributed by atoms with Gasteiger partial charge in [0.2, 0.25) is 0 Å². The molecule has 1 fully saturated rings. The lowest BCUT2D eigenvalue weighted by Crippen LogP contribution is -2.29. The van der Waals surface area contributed by atoms with Gasteiger partial charge in [0.25, 0.3) is 0 Å². The normalized spacial score (nSPS) is 19.2. The molecule has 17 heavy (non-hydrogen) atoms. The summed E-state index contributed by atoms with van der Waals surface area (Å²) in [5.41, 5.74) is 0. The molecule has 1 aromatic heterocycles. The first-order valence-corrected chi connectivity index (χ1v) is 5.52. The highest BCUT2D eigenvalue weighted by molar-refractivity contribution is 5.85. The van der Waals surface area contributed by atoms with Crippen molar-refractivity contribution >= 4 is 24.8 Å². The van der Waals surface area contributed by atoms with Gasteiger partial charge in [-0.3, -0.25) is 0 Å². The second-order valence-corrected chi connectivity index (χ2v) is 3.88. The van der Waals surface area contributed by atoms with Gasteiger partial charge in [-0.1, -0.05) is 6.42 Å². The number of hydrogen-bond acceptors (Lipinski definition) is 4. The maximum absolute atomic E-state index is 5.06. The molecule has 5 nitrogen and oxygen atoms in total. The molecule has 1 aliphatic rings. The van der Waals surface area contributed by atoms with Gasteiger partial charge in [0.15, 0.2) is 0 Å². The van der Waals surface area contributed by atoms with Crippen LogP contribution in [0.2, 0.25) is 0 Å². The first-order valence-electron chi connectivity index (χ1n) is 5.52. The van der Waals surface area contributed by atoms with E-state index in [9.17, 15) is 0 Å². The van der Waals surface area contributed by atoms with E-state index in [-0.39, 0.29) is 24.8 Å². The monoisotopic (exact) mass is 282 g/mol. The lowest BCUT2D eigenvalue weighted by Gasteiger charge is -2.22. The third-order valence-corrected chi connectivity index (χ3v) is 2.80. The van der Waals surface area contributed by atoms with Crippen molar-refractivity contribution in [2.75, 3.05) is 20.3 Å². The molecular formula is C10H20Cl2N4O. The Morgan fingerprint density at radius 1 is 1.47 bits per heavy atom. The number of hydrogen-bond donors (Lipinski definition) is 1. The van der Waals surface area contributed by atoms with Crippen LogP contribution in [0.4, 0.5) is 0 Å². The summed E-state index contributed by atoms with van der Waals surface area (Å²) in [7, 11) is 1.71. The Morgan fingerprint density at radius 2 is 2.29 bits per heavy atom. The third-order valence-electron chi connectivity index (χ3n) is 2.80. The zero-order chi connectivity index (χ0) is 10.5. The highest BCUT2D eigenvalue weighted by Gasteiger charge is 2.19. The van der Waals surface area contributed by atoms with Crippen LogP contribution in [0.5, 0.6) is 0 Å². The fourth-order valence-electron chi connectivity index (χ4n) is 1.97. The van der Waals surface area contributed by atoms with E-state index in [1.807, 2.05) is 0 Å². The van der Waals surface area contributed by atoms with Crippen LogP contribution in [0.25, 0.3) is 0 Å².